The average molecular weight is 380 g/mol. The standard InChI is InChI=1S/C17H21N3O3S2/c1-13-9-16(20(19-13)15-7-8-25(22,23)12-15)18-17(21)11-24-10-14-5-3-2-4-6-14/h2-6,9,15H,7-8,10-12H2,1H3,(H,18,21). The Bertz CT molecular complexity index is 847. The first-order valence-electron chi connectivity index (χ1n) is 8.11. The molecule has 1 fully saturated rings. The zero-order valence-corrected chi connectivity index (χ0v) is 15.6. The van der Waals surface area contributed by atoms with Crippen molar-refractivity contribution >= 4 is 33.3 Å². The molecule has 1 saturated heterocycles. The van der Waals surface area contributed by atoms with Gasteiger partial charge in [0.2, 0.25) is 5.91 Å². The summed E-state index contributed by atoms with van der Waals surface area (Å²) in [5.74, 6) is 1.83. The van der Waals surface area contributed by atoms with Crippen LogP contribution < -0.4 is 5.32 Å². The number of sulfone groups is 1. The third-order valence-corrected chi connectivity index (χ3v) is 6.78. The van der Waals surface area contributed by atoms with Gasteiger partial charge in [0.15, 0.2) is 9.84 Å². The van der Waals surface area contributed by atoms with Crippen LogP contribution in [0.5, 0.6) is 0 Å². The maximum atomic E-state index is 12.2. The first-order chi connectivity index (χ1) is 11.9. The average Bonchev–Trinajstić information content (AvgIpc) is 3.10. The minimum absolute atomic E-state index is 0.0831. The normalized spacial score (nSPS) is 19.0. The summed E-state index contributed by atoms with van der Waals surface area (Å²) in [6, 6.07) is 11.6. The zero-order valence-electron chi connectivity index (χ0n) is 14.0. The van der Waals surface area contributed by atoms with Gasteiger partial charge in [0.25, 0.3) is 0 Å². The number of anilines is 1. The Labute approximate surface area is 151 Å². The second kappa shape index (κ2) is 7.61. The van der Waals surface area contributed by atoms with Crippen molar-refractivity contribution < 1.29 is 13.2 Å². The quantitative estimate of drug-likeness (QED) is 0.834. The summed E-state index contributed by atoms with van der Waals surface area (Å²) in [5.41, 5.74) is 1.94. The van der Waals surface area contributed by atoms with E-state index in [0.717, 1.165) is 11.4 Å². The molecule has 6 nitrogen and oxygen atoms in total. The molecule has 0 bridgehead atoms. The van der Waals surface area contributed by atoms with E-state index in [2.05, 4.69) is 10.4 Å². The van der Waals surface area contributed by atoms with Gasteiger partial charge in [0.1, 0.15) is 5.82 Å². The number of hydrogen-bond donors (Lipinski definition) is 1. The summed E-state index contributed by atoms with van der Waals surface area (Å²) in [5, 5.41) is 7.24. The van der Waals surface area contributed by atoms with Gasteiger partial charge in [-0.3, -0.25) is 4.79 Å². The Morgan fingerprint density at radius 1 is 1.36 bits per heavy atom. The molecule has 1 N–H and O–H groups in total. The van der Waals surface area contributed by atoms with Crippen LogP contribution in [0, 0.1) is 6.92 Å². The van der Waals surface area contributed by atoms with Crippen molar-refractivity contribution in [1.29, 1.82) is 0 Å². The smallest absolute Gasteiger partial charge is 0.235 e. The molecule has 1 amide bonds. The molecular formula is C17H21N3O3S2. The molecule has 1 unspecified atom stereocenters. The summed E-state index contributed by atoms with van der Waals surface area (Å²) < 4.78 is 25.1. The van der Waals surface area contributed by atoms with Crippen molar-refractivity contribution in [2.75, 3.05) is 22.6 Å². The molecule has 2 heterocycles. The number of thioether (sulfide) groups is 1. The largest absolute Gasteiger partial charge is 0.310 e. The molecule has 0 saturated carbocycles. The van der Waals surface area contributed by atoms with Gasteiger partial charge in [0, 0.05) is 11.8 Å². The van der Waals surface area contributed by atoms with Gasteiger partial charge in [-0.15, -0.1) is 11.8 Å². The third-order valence-electron chi connectivity index (χ3n) is 4.02. The number of aryl methyl sites for hydroxylation is 1. The van der Waals surface area contributed by atoms with Crippen LogP contribution in [0.15, 0.2) is 36.4 Å². The minimum Gasteiger partial charge on any atom is -0.310 e. The van der Waals surface area contributed by atoms with E-state index in [9.17, 15) is 13.2 Å². The first-order valence-corrected chi connectivity index (χ1v) is 11.1. The van der Waals surface area contributed by atoms with Crippen molar-refractivity contribution in [2.24, 2.45) is 0 Å². The third kappa shape index (κ3) is 4.85. The summed E-state index contributed by atoms with van der Waals surface area (Å²) in [7, 11) is -3.00. The van der Waals surface area contributed by atoms with Crippen LogP contribution in [-0.4, -0.2) is 41.4 Å². The summed E-state index contributed by atoms with van der Waals surface area (Å²) in [6.45, 7) is 1.83. The first kappa shape index (κ1) is 18.0. The number of carbonyl (C=O) groups is 1. The molecule has 25 heavy (non-hydrogen) atoms. The number of aromatic nitrogens is 2. The Morgan fingerprint density at radius 2 is 2.12 bits per heavy atom. The number of carbonyl (C=O) groups excluding carboxylic acids is 1. The molecule has 1 aromatic heterocycles. The molecule has 1 aliphatic heterocycles. The maximum absolute atomic E-state index is 12.2. The van der Waals surface area contributed by atoms with Crippen LogP contribution in [0.4, 0.5) is 5.82 Å². The van der Waals surface area contributed by atoms with E-state index in [0.29, 0.717) is 18.0 Å². The SMILES string of the molecule is Cc1cc(NC(=O)CSCc2ccccc2)n(C2CCS(=O)(=O)C2)n1. The highest BCUT2D eigenvalue weighted by Gasteiger charge is 2.31. The molecule has 3 rings (SSSR count). The number of rotatable bonds is 6. The van der Waals surface area contributed by atoms with Gasteiger partial charge in [-0.1, -0.05) is 30.3 Å². The number of nitrogens with zero attached hydrogens (tertiary/aromatic N) is 2. The zero-order chi connectivity index (χ0) is 17.9. The van der Waals surface area contributed by atoms with E-state index < -0.39 is 9.84 Å². The van der Waals surface area contributed by atoms with E-state index in [1.807, 2.05) is 37.3 Å². The lowest BCUT2D eigenvalue weighted by Gasteiger charge is -2.13. The molecule has 0 aliphatic carbocycles. The maximum Gasteiger partial charge on any atom is 0.235 e. The minimum atomic E-state index is -3.00. The van der Waals surface area contributed by atoms with Crippen LogP contribution in [-0.2, 0) is 20.4 Å². The molecule has 8 heteroatoms. The lowest BCUT2D eigenvalue weighted by molar-refractivity contribution is -0.113. The van der Waals surface area contributed by atoms with E-state index in [1.165, 1.54) is 5.56 Å². The van der Waals surface area contributed by atoms with Gasteiger partial charge in [-0.05, 0) is 18.9 Å². The number of benzene rings is 1. The fraction of sp³-hybridized carbons (Fsp3) is 0.412. The molecule has 1 aliphatic rings. The van der Waals surface area contributed by atoms with Gasteiger partial charge >= 0.3 is 0 Å². The predicted octanol–water partition coefficient (Wildman–Crippen LogP) is 2.42. The lowest BCUT2D eigenvalue weighted by atomic mass is 10.2. The molecule has 1 aromatic carbocycles. The van der Waals surface area contributed by atoms with E-state index in [4.69, 9.17) is 0 Å². The Balaban J connectivity index is 1.58. The van der Waals surface area contributed by atoms with Gasteiger partial charge < -0.3 is 5.32 Å². The van der Waals surface area contributed by atoms with E-state index >= 15 is 0 Å². The van der Waals surface area contributed by atoms with Gasteiger partial charge in [0.05, 0.1) is 29.0 Å². The topological polar surface area (TPSA) is 81.1 Å². The predicted molar refractivity (Wildman–Crippen MR) is 101 cm³/mol. The Hall–Kier alpha value is -1.80. The second-order valence-corrected chi connectivity index (χ2v) is 9.41. The van der Waals surface area contributed by atoms with Crippen LogP contribution in [0.25, 0.3) is 0 Å². The van der Waals surface area contributed by atoms with Gasteiger partial charge in [-0.2, -0.15) is 5.10 Å². The van der Waals surface area contributed by atoms with E-state index in [-0.39, 0.29) is 23.5 Å². The van der Waals surface area contributed by atoms with Crippen LogP contribution >= 0.6 is 11.8 Å². The summed E-state index contributed by atoms with van der Waals surface area (Å²) in [6.07, 6.45) is 0.537. The van der Waals surface area contributed by atoms with Gasteiger partial charge in [-0.25, -0.2) is 13.1 Å². The fourth-order valence-electron chi connectivity index (χ4n) is 2.87. The second-order valence-electron chi connectivity index (χ2n) is 6.20. The van der Waals surface area contributed by atoms with E-state index in [1.54, 1.807) is 22.5 Å². The van der Waals surface area contributed by atoms with Crippen molar-refractivity contribution in [3.8, 4) is 0 Å². The molecule has 2 aromatic rings. The highest BCUT2D eigenvalue weighted by Crippen LogP contribution is 2.27. The highest BCUT2D eigenvalue weighted by atomic mass is 32.2. The summed E-state index contributed by atoms with van der Waals surface area (Å²) in [4.78, 5) is 12.2. The van der Waals surface area contributed by atoms with Crippen LogP contribution in [0.1, 0.15) is 23.7 Å². The van der Waals surface area contributed by atoms with Crippen molar-refractivity contribution in [3.05, 3.63) is 47.7 Å². The number of hydrogen-bond acceptors (Lipinski definition) is 5. The lowest BCUT2D eigenvalue weighted by Crippen LogP contribution is -2.20. The number of nitrogens with one attached hydrogen (secondary N) is 1. The molecule has 134 valence electrons. The fourth-order valence-corrected chi connectivity index (χ4v) is 5.35. The highest BCUT2D eigenvalue weighted by molar-refractivity contribution is 7.99. The monoisotopic (exact) mass is 379 g/mol. The summed E-state index contributed by atoms with van der Waals surface area (Å²) >= 11 is 1.54. The van der Waals surface area contributed by atoms with Crippen LogP contribution in [0.3, 0.4) is 0 Å². The van der Waals surface area contributed by atoms with Crippen LogP contribution in [0.2, 0.25) is 0 Å². The van der Waals surface area contributed by atoms with Crippen molar-refractivity contribution in [2.45, 2.75) is 25.1 Å². The van der Waals surface area contributed by atoms with Crippen molar-refractivity contribution in [3.63, 3.8) is 0 Å². The number of amides is 1. The molecule has 0 spiro atoms. The van der Waals surface area contributed by atoms with Crippen molar-refractivity contribution in [1.82, 2.24) is 9.78 Å². The Kier molecular flexibility index (Phi) is 5.48. The molecule has 0 radical (unpaired) electrons. The molecule has 1 atom stereocenters. The molecular weight excluding hydrogens is 358 g/mol. The Morgan fingerprint density at radius 3 is 2.80 bits per heavy atom.